The van der Waals surface area contributed by atoms with Crippen LogP contribution in [-0.4, -0.2) is 40.2 Å². The quantitative estimate of drug-likeness (QED) is 0.220. The Balaban J connectivity index is 0.000000368. The molecule has 5 rings (SSSR count). The number of carboxylic acids is 2. The topological polar surface area (TPSA) is 112 Å². The number of nitrogens with zero attached hydrogens (tertiary/aromatic N) is 1. The van der Waals surface area contributed by atoms with Crippen molar-refractivity contribution in [3.8, 4) is 0 Å². The van der Waals surface area contributed by atoms with E-state index in [9.17, 15) is 9.59 Å². The summed E-state index contributed by atoms with van der Waals surface area (Å²) in [6, 6.07) is 21.3. The molecule has 4 aromatic rings. The summed E-state index contributed by atoms with van der Waals surface area (Å²) in [5.41, 5.74) is 7.47. The minimum Gasteiger partial charge on any atom is -0.481 e. The molecule has 0 unspecified atom stereocenters. The molecule has 0 amide bonds. The fourth-order valence-electron chi connectivity index (χ4n) is 4.31. The van der Waals surface area contributed by atoms with Crippen molar-refractivity contribution < 1.29 is 19.8 Å². The minimum atomic E-state index is -1.08. The Hall–Kier alpha value is -3.46. The molecule has 9 heteroatoms. The average Bonchev–Trinajstić information content (AvgIpc) is 3.14. The van der Waals surface area contributed by atoms with Crippen molar-refractivity contribution in [2.75, 3.05) is 18.4 Å². The number of hydrogen-bond donors (Lipinski definition) is 4. The molecule has 2 heterocycles. The molecule has 1 aromatic heterocycles. The number of aromatic nitrogens is 1. The van der Waals surface area contributed by atoms with Crippen molar-refractivity contribution in [3.63, 3.8) is 0 Å². The minimum absolute atomic E-state index is 0.296. The van der Waals surface area contributed by atoms with E-state index in [1.807, 2.05) is 6.07 Å². The summed E-state index contributed by atoms with van der Waals surface area (Å²) in [6.07, 6.45) is 2.35. The van der Waals surface area contributed by atoms with Gasteiger partial charge in [0.05, 0.1) is 38.8 Å². The normalized spacial score (nSPS) is 12.7. The van der Waals surface area contributed by atoms with Gasteiger partial charge in [0.1, 0.15) is 0 Å². The largest absolute Gasteiger partial charge is 0.481 e. The fourth-order valence-corrected chi connectivity index (χ4v) is 5.62. The molecule has 1 aliphatic heterocycles. The van der Waals surface area contributed by atoms with Gasteiger partial charge >= 0.3 is 11.9 Å². The molecule has 7 nitrogen and oxygen atoms in total. The average molecular weight is 552 g/mol. The second-order valence-corrected chi connectivity index (χ2v) is 10.5. The highest BCUT2D eigenvalue weighted by Crippen LogP contribution is 2.32. The smallest absolute Gasteiger partial charge is 0.303 e. The van der Waals surface area contributed by atoms with Crippen LogP contribution in [0.3, 0.4) is 0 Å². The Bertz CT molecular complexity index is 1390. The lowest BCUT2D eigenvalue weighted by Crippen LogP contribution is -2.16. The van der Waals surface area contributed by atoms with Gasteiger partial charge in [-0.3, -0.25) is 9.59 Å². The third-order valence-electron chi connectivity index (χ3n) is 6.20. The molecule has 0 saturated heterocycles. The molecule has 3 aromatic carbocycles. The Morgan fingerprint density at radius 2 is 1.68 bits per heavy atom. The maximum absolute atomic E-state index is 9.64. The first kappa shape index (κ1) is 27.6. The highest BCUT2D eigenvalue weighted by atomic mass is 35.5. The third kappa shape index (κ3) is 7.77. The summed E-state index contributed by atoms with van der Waals surface area (Å²) in [5.74, 6) is -2.15. The molecule has 0 fully saturated rings. The molecule has 38 heavy (non-hydrogen) atoms. The standard InChI is InChI=1S/C25H24ClN3S.C4H6O4/c26-21-8-7-19-10-12-27-13-11-20(19)25(21)28-16-18-6-9-22-23(14-18)30-24(29-22)15-17-4-2-1-3-5-17;5-3(6)1-2-4(7)8/h1-9,14,27-28H,10-13,15-16H2;1-2H2,(H,5,6)(H,7,8). The van der Waals surface area contributed by atoms with Crippen LogP contribution in [0.4, 0.5) is 5.69 Å². The number of thiazole rings is 1. The zero-order valence-corrected chi connectivity index (χ0v) is 22.4. The summed E-state index contributed by atoms with van der Waals surface area (Å²) >= 11 is 8.35. The fraction of sp³-hybridized carbons (Fsp3) is 0.276. The number of aliphatic carboxylic acids is 2. The van der Waals surface area contributed by atoms with Gasteiger partial charge in [-0.25, -0.2) is 4.98 Å². The lowest BCUT2D eigenvalue weighted by atomic mass is 10.0. The second-order valence-electron chi connectivity index (χ2n) is 9.02. The van der Waals surface area contributed by atoms with E-state index in [1.54, 1.807) is 11.3 Å². The molecule has 1 aliphatic rings. The number of carboxylic acid groups (broad SMARTS) is 2. The summed E-state index contributed by atoms with van der Waals surface area (Å²) in [6.45, 7) is 2.78. The van der Waals surface area contributed by atoms with Crippen molar-refractivity contribution in [2.45, 2.75) is 38.6 Å². The van der Waals surface area contributed by atoms with Crippen LogP contribution in [0.1, 0.15) is 40.1 Å². The van der Waals surface area contributed by atoms with E-state index >= 15 is 0 Å². The predicted molar refractivity (Wildman–Crippen MR) is 152 cm³/mol. The number of benzene rings is 3. The van der Waals surface area contributed by atoms with Crippen LogP contribution in [-0.2, 0) is 35.4 Å². The SMILES string of the molecule is Clc1ccc2c(c1NCc1ccc3nc(Cc4ccccc4)sc3c1)CCNCC2.O=C(O)CCC(=O)O. The molecule has 0 saturated carbocycles. The number of rotatable bonds is 8. The molecule has 0 atom stereocenters. The van der Waals surface area contributed by atoms with Crippen LogP contribution in [0.25, 0.3) is 10.2 Å². The molecule has 4 N–H and O–H groups in total. The van der Waals surface area contributed by atoms with Crippen LogP contribution >= 0.6 is 22.9 Å². The Labute approximate surface area is 230 Å². The maximum atomic E-state index is 9.64. The first-order valence-electron chi connectivity index (χ1n) is 12.5. The van der Waals surface area contributed by atoms with Crippen molar-refractivity contribution >= 4 is 50.8 Å². The summed E-state index contributed by atoms with van der Waals surface area (Å²) < 4.78 is 1.24. The number of fused-ring (bicyclic) bond motifs is 2. The van der Waals surface area contributed by atoms with Crippen LogP contribution in [0.15, 0.2) is 60.7 Å². The molecule has 0 radical (unpaired) electrons. The van der Waals surface area contributed by atoms with Gasteiger partial charge in [-0.05, 0) is 66.4 Å². The van der Waals surface area contributed by atoms with Gasteiger partial charge < -0.3 is 20.8 Å². The van der Waals surface area contributed by atoms with E-state index in [4.69, 9.17) is 26.8 Å². The third-order valence-corrected chi connectivity index (χ3v) is 7.53. The van der Waals surface area contributed by atoms with E-state index in [0.717, 1.165) is 60.1 Å². The van der Waals surface area contributed by atoms with Gasteiger partial charge in [-0.15, -0.1) is 11.3 Å². The van der Waals surface area contributed by atoms with E-state index in [1.165, 1.54) is 27.0 Å². The van der Waals surface area contributed by atoms with Gasteiger partial charge in [-0.2, -0.15) is 0 Å². The van der Waals surface area contributed by atoms with Gasteiger partial charge in [-0.1, -0.05) is 54.1 Å². The number of hydrogen-bond acceptors (Lipinski definition) is 6. The number of halogens is 1. The van der Waals surface area contributed by atoms with Crippen molar-refractivity contribution in [3.05, 3.63) is 92.9 Å². The second kappa shape index (κ2) is 13.4. The van der Waals surface area contributed by atoms with Crippen molar-refractivity contribution in [1.82, 2.24) is 10.3 Å². The van der Waals surface area contributed by atoms with Crippen LogP contribution < -0.4 is 10.6 Å². The number of carbonyl (C=O) groups is 2. The van der Waals surface area contributed by atoms with E-state index in [-0.39, 0.29) is 12.8 Å². The monoisotopic (exact) mass is 551 g/mol. The first-order valence-corrected chi connectivity index (χ1v) is 13.7. The molecule has 0 aliphatic carbocycles. The number of anilines is 1. The van der Waals surface area contributed by atoms with Gasteiger partial charge in [0.15, 0.2) is 0 Å². The van der Waals surface area contributed by atoms with Crippen molar-refractivity contribution in [2.24, 2.45) is 0 Å². The Morgan fingerprint density at radius 1 is 0.947 bits per heavy atom. The van der Waals surface area contributed by atoms with Crippen LogP contribution in [0.5, 0.6) is 0 Å². The van der Waals surface area contributed by atoms with Gasteiger partial charge in [0.25, 0.3) is 0 Å². The van der Waals surface area contributed by atoms with Gasteiger partial charge in [0.2, 0.25) is 0 Å². The Kier molecular flexibility index (Phi) is 9.70. The van der Waals surface area contributed by atoms with E-state index < -0.39 is 11.9 Å². The van der Waals surface area contributed by atoms with Crippen molar-refractivity contribution in [1.29, 1.82) is 0 Å². The maximum Gasteiger partial charge on any atom is 0.303 e. The van der Waals surface area contributed by atoms with E-state index in [0.29, 0.717) is 0 Å². The van der Waals surface area contributed by atoms with Crippen LogP contribution in [0, 0.1) is 0 Å². The summed E-state index contributed by atoms with van der Waals surface area (Å²) in [4.78, 5) is 24.1. The van der Waals surface area contributed by atoms with Crippen LogP contribution in [0.2, 0.25) is 5.02 Å². The van der Waals surface area contributed by atoms with E-state index in [2.05, 4.69) is 65.2 Å². The van der Waals surface area contributed by atoms with Gasteiger partial charge in [0, 0.05) is 13.0 Å². The summed E-state index contributed by atoms with van der Waals surface area (Å²) in [7, 11) is 0. The molecule has 198 valence electrons. The highest BCUT2D eigenvalue weighted by Gasteiger charge is 2.15. The molecular formula is C29H30ClN3O4S. The molecule has 0 spiro atoms. The zero-order valence-electron chi connectivity index (χ0n) is 20.9. The lowest BCUT2D eigenvalue weighted by Gasteiger charge is -2.16. The zero-order chi connectivity index (χ0) is 26.9. The molecular weight excluding hydrogens is 522 g/mol. The molecule has 0 bridgehead atoms. The summed E-state index contributed by atoms with van der Waals surface area (Å²) in [5, 5.41) is 24.9. The predicted octanol–water partition coefficient (Wildman–Crippen LogP) is 5.78. The Morgan fingerprint density at radius 3 is 2.42 bits per heavy atom. The first-order chi connectivity index (χ1) is 18.4. The highest BCUT2D eigenvalue weighted by molar-refractivity contribution is 7.18. The number of nitrogens with one attached hydrogen (secondary N) is 2. The lowest BCUT2D eigenvalue weighted by molar-refractivity contribution is -0.143.